The molecule has 160 valence electrons. The number of methoxy groups -OCH3 is 2. The van der Waals surface area contributed by atoms with Crippen LogP contribution in [-0.2, 0) is 9.59 Å². The number of hydrogen-bond donors (Lipinski definition) is 1. The van der Waals surface area contributed by atoms with E-state index in [-0.39, 0.29) is 24.8 Å². The molecule has 2 amide bonds. The van der Waals surface area contributed by atoms with Crippen LogP contribution in [0.25, 0.3) is 11.5 Å². The number of carbonyl (C=O) groups excluding carboxylic acids is 2. The minimum Gasteiger partial charge on any atom is -0.495 e. The Morgan fingerprint density at radius 2 is 2.03 bits per heavy atom. The minimum absolute atomic E-state index is 0.0714. The molecule has 10 heteroatoms. The highest BCUT2D eigenvalue weighted by atomic mass is 35.5. The lowest BCUT2D eigenvalue weighted by molar-refractivity contribution is -0.122. The van der Waals surface area contributed by atoms with Crippen molar-refractivity contribution in [1.82, 2.24) is 10.2 Å². The van der Waals surface area contributed by atoms with Gasteiger partial charge in [-0.25, -0.2) is 0 Å². The Morgan fingerprint density at radius 3 is 2.74 bits per heavy atom. The molecule has 1 aliphatic heterocycles. The molecule has 0 radical (unpaired) electrons. The lowest BCUT2D eigenvalue weighted by Crippen LogP contribution is -2.28. The van der Waals surface area contributed by atoms with Gasteiger partial charge in [0.25, 0.3) is 0 Å². The zero-order valence-corrected chi connectivity index (χ0v) is 17.5. The average Bonchev–Trinajstić information content (AvgIpc) is 3.44. The molecule has 2 aromatic carbocycles. The zero-order chi connectivity index (χ0) is 22.0. The van der Waals surface area contributed by atoms with Crippen molar-refractivity contribution in [2.45, 2.75) is 6.42 Å². The van der Waals surface area contributed by atoms with Crippen molar-refractivity contribution in [2.75, 3.05) is 31.0 Å². The maximum Gasteiger partial charge on any atom is 0.247 e. The molecule has 1 aromatic heterocycles. The fourth-order valence-corrected chi connectivity index (χ4v) is 3.68. The third kappa shape index (κ3) is 4.17. The van der Waals surface area contributed by atoms with Crippen LogP contribution in [0, 0.1) is 5.92 Å². The van der Waals surface area contributed by atoms with Crippen LogP contribution in [0.3, 0.4) is 0 Å². The van der Waals surface area contributed by atoms with Crippen molar-refractivity contribution in [2.24, 2.45) is 5.92 Å². The predicted molar refractivity (Wildman–Crippen MR) is 113 cm³/mol. The SMILES string of the molecule is COc1cc(OC)c(N2CC(C(=O)Nc3cccc(-c4nnco4)c3)CC2=O)cc1Cl. The number of nitrogens with zero attached hydrogens (tertiary/aromatic N) is 3. The molecule has 1 fully saturated rings. The summed E-state index contributed by atoms with van der Waals surface area (Å²) in [5, 5.41) is 10.7. The van der Waals surface area contributed by atoms with Crippen LogP contribution in [0.2, 0.25) is 5.02 Å². The number of benzene rings is 2. The Balaban J connectivity index is 1.51. The lowest BCUT2D eigenvalue weighted by Gasteiger charge is -2.21. The summed E-state index contributed by atoms with van der Waals surface area (Å²) in [7, 11) is 2.99. The van der Waals surface area contributed by atoms with Gasteiger partial charge in [0, 0.05) is 30.3 Å². The van der Waals surface area contributed by atoms with Gasteiger partial charge in [0.15, 0.2) is 0 Å². The summed E-state index contributed by atoms with van der Waals surface area (Å²) in [6.07, 6.45) is 1.31. The molecule has 31 heavy (non-hydrogen) atoms. The van der Waals surface area contributed by atoms with E-state index in [1.807, 2.05) is 0 Å². The molecule has 1 saturated heterocycles. The number of halogens is 1. The monoisotopic (exact) mass is 442 g/mol. The van der Waals surface area contributed by atoms with Gasteiger partial charge >= 0.3 is 0 Å². The quantitative estimate of drug-likeness (QED) is 0.623. The van der Waals surface area contributed by atoms with Crippen LogP contribution in [0.15, 0.2) is 47.2 Å². The lowest BCUT2D eigenvalue weighted by atomic mass is 10.1. The van der Waals surface area contributed by atoms with Crippen LogP contribution in [-0.4, -0.2) is 42.8 Å². The summed E-state index contributed by atoms with van der Waals surface area (Å²) in [6.45, 7) is 0.201. The Kier molecular flexibility index (Phi) is 5.77. The van der Waals surface area contributed by atoms with E-state index in [1.54, 1.807) is 36.4 Å². The number of rotatable bonds is 6. The maximum atomic E-state index is 12.8. The Morgan fingerprint density at radius 1 is 1.23 bits per heavy atom. The number of ether oxygens (including phenoxy) is 2. The van der Waals surface area contributed by atoms with Gasteiger partial charge in [-0.15, -0.1) is 10.2 Å². The van der Waals surface area contributed by atoms with Gasteiger partial charge in [-0.3, -0.25) is 9.59 Å². The Bertz CT molecular complexity index is 1120. The fraction of sp³-hybridized carbons (Fsp3) is 0.238. The van der Waals surface area contributed by atoms with Gasteiger partial charge < -0.3 is 24.1 Å². The molecule has 3 aromatic rings. The fourth-order valence-electron chi connectivity index (χ4n) is 3.44. The highest BCUT2D eigenvalue weighted by Crippen LogP contribution is 2.40. The summed E-state index contributed by atoms with van der Waals surface area (Å²) in [6, 6.07) is 10.3. The van der Waals surface area contributed by atoms with E-state index in [0.717, 1.165) is 0 Å². The van der Waals surface area contributed by atoms with E-state index in [0.29, 0.717) is 39.4 Å². The summed E-state index contributed by atoms with van der Waals surface area (Å²) in [4.78, 5) is 27.0. The molecular formula is C21H19ClN4O5. The number of hydrogen-bond acceptors (Lipinski definition) is 7. The third-order valence-electron chi connectivity index (χ3n) is 4.98. The van der Waals surface area contributed by atoms with Gasteiger partial charge in [-0.05, 0) is 24.3 Å². The van der Waals surface area contributed by atoms with Crippen LogP contribution in [0.1, 0.15) is 6.42 Å². The standard InChI is InChI=1S/C21H19ClN4O5/c1-29-17-9-18(30-2)16(8-15(17)22)26-10-13(7-19(26)27)20(28)24-14-5-3-4-12(6-14)21-25-23-11-31-21/h3-6,8-9,11,13H,7,10H2,1-2H3,(H,24,28). The molecule has 2 heterocycles. The van der Waals surface area contributed by atoms with E-state index < -0.39 is 5.92 Å². The smallest absolute Gasteiger partial charge is 0.247 e. The van der Waals surface area contributed by atoms with Crippen LogP contribution >= 0.6 is 11.6 Å². The molecule has 0 bridgehead atoms. The first-order chi connectivity index (χ1) is 15.0. The number of carbonyl (C=O) groups is 2. The topological polar surface area (TPSA) is 107 Å². The summed E-state index contributed by atoms with van der Waals surface area (Å²) in [5.41, 5.74) is 1.74. The first kappa shape index (κ1) is 20.7. The molecule has 1 N–H and O–H groups in total. The second kappa shape index (κ2) is 8.65. The molecule has 4 rings (SSSR count). The summed E-state index contributed by atoms with van der Waals surface area (Å²) < 4.78 is 15.8. The minimum atomic E-state index is -0.537. The van der Waals surface area contributed by atoms with Gasteiger partial charge in [0.2, 0.25) is 24.1 Å². The van der Waals surface area contributed by atoms with E-state index in [9.17, 15) is 9.59 Å². The van der Waals surface area contributed by atoms with Crippen molar-refractivity contribution in [3.8, 4) is 23.0 Å². The summed E-state index contributed by atoms with van der Waals surface area (Å²) >= 11 is 6.23. The molecule has 1 unspecified atom stereocenters. The predicted octanol–water partition coefficient (Wildman–Crippen LogP) is 3.40. The normalized spacial score (nSPS) is 15.8. The van der Waals surface area contributed by atoms with Gasteiger partial charge in [-0.1, -0.05) is 17.7 Å². The van der Waals surface area contributed by atoms with E-state index >= 15 is 0 Å². The second-order valence-corrected chi connectivity index (χ2v) is 7.29. The van der Waals surface area contributed by atoms with E-state index in [4.69, 9.17) is 25.5 Å². The maximum absolute atomic E-state index is 12.8. The molecule has 0 aliphatic carbocycles. The molecule has 0 spiro atoms. The highest BCUT2D eigenvalue weighted by molar-refractivity contribution is 6.32. The second-order valence-electron chi connectivity index (χ2n) is 6.88. The highest BCUT2D eigenvalue weighted by Gasteiger charge is 2.36. The van der Waals surface area contributed by atoms with Crippen LogP contribution < -0.4 is 19.7 Å². The number of nitrogens with one attached hydrogen (secondary N) is 1. The van der Waals surface area contributed by atoms with Crippen LogP contribution in [0.4, 0.5) is 11.4 Å². The summed E-state index contributed by atoms with van der Waals surface area (Å²) in [5.74, 6) is 0.218. The van der Waals surface area contributed by atoms with Crippen molar-refractivity contribution >= 4 is 34.8 Å². The third-order valence-corrected chi connectivity index (χ3v) is 5.27. The van der Waals surface area contributed by atoms with Crippen molar-refractivity contribution in [1.29, 1.82) is 0 Å². The van der Waals surface area contributed by atoms with E-state index in [1.165, 1.54) is 25.5 Å². The first-order valence-corrected chi connectivity index (χ1v) is 9.77. The van der Waals surface area contributed by atoms with Crippen molar-refractivity contribution in [3.63, 3.8) is 0 Å². The average molecular weight is 443 g/mol. The van der Waals surface area contributed by atoms with Crippen molar-refractivity contribution in [3.05, 3.63) is 47.8 Å². The number of amides is 2. The molecule has 9 nitrogen and oxygen atoms in total. The van der Waals surface area contributed by atoms with Gasteiger partial charge in [-0.2, -0.15) is 0 Å². The zero-order valence-electron chi connectivity index (χ0n) is 16.8. The van der Waals surface area contributed by atoms with Crippen LogP contribution in [0.5, 0.6) is 11.5 Å². The Labute approximate surface area is 182 Å². The first-order valence-electron chi connectivity index (χ1n) is 9.39. The molecule has 1 atom stereocenters. The number of aromatic nitrogens is 2. The van der Waals surface area contributed by atoms with E-state index in [2.05, 4.69) is 15.5 Å². The molecule has 1 aliphatic rings. The Hall–Kier alpha value is -3.59. The molecule has 0 saturated carbocycles. The molecular weight excluding hydrogens is 424 g/mol. The van der Waals surface area contributed by atoms with Crippen molar-refractivity contribution < 1.29 is 23.5 Å². The van der Waals surface area contributed by atoms with Gasteiger partial charge in [0.05, 0.1) is 30.8 Å². The largest absolute Gasteiger partial charge is 0.495 e. The number of anilines is 2. The van der Waals surface area contributed by atoms with Gasteiger partial charge in [0.1, 0.15) is 11.5 Å².